The number of carbonyl (C=O) groups is 2. The van der Waals surface area contributed by atoms with Gasteiger partial charge in [0, 0.05) is 24.3 Å². The number of ether oxygens (including phenoxy) is 1. The number of aliphatic hydroxyl groups is 2. The molecule has 5 atom stereocenters. The lowest BCUT2D eigenvalue weighted by molar-refractivity contribution is -0.153. The average Bonchev–Trinajstić information content (AvgIpc) is 3.26. The molecule has 35 heavy (non-hydrogen) atoms. The SMILES string of the molecule is C/C1=C/CC(C(Cl)=Cc2csc(CN)n2)OC(=O)CC(O)C(C)(C)C(=O)C(C)C(O)C(C)CCC1. The summed E-state index contributed by atoms with van der Waals surface area (Å²) < 4.78 is 5.68. The fraction of sp³-hybridized carbons (Fsp3) is 0.654. The number of aliphatic hydroxyl groups excluding tert-OH is 2. The van der Waals surface area contributed by atoms with E-state index < -0.39 is 35.6 Å². The summed E-state index contributed by atoms with van der Waals surface area (Å²) in [7, 11) is 0. The van der Waals surface area contributed by atoms with E-state index in [9.17, 15) is 19.8 Å². The molecule has 0 fully saturated rings. The Kier molecular flexibility index (Phi) is 11.1. The molecule has 0 aliphatic carbocycles. The highest BCUT2D eigenvalue weighted by molar-refractivity contribution is 7.09. The van der Waals surface area contributed by atoms with Crippen LogP contribution in [0.5, 0.6) is 0 Å². The Morgan fingerprint density at radius 3 is 2.66 bits per heavy atom. The Morgan fingerprint density at radius 2 is 2.03 bits per heavy atom. The van der Waals surface area contributed by atoms with Crippen LogP contribution < -0.4 is 5.73 Å². The number of carbonyl (C=O) groups excluding carboxylic acids is 2. The van der Waals surface area contributed by atoms with Crippen molar-refractivity contribution in [2.24, 2.45) is 23.0 Å². The molecule has 5 unspecified atom stereocenters. The number of esters is 1. The molecule has 0 saturated carbocycles. The average molecular weight is 527 g/mol. The van der Waals surface area contributed by atoms with E-state index in [1.165, 1.54) is 11.3 Å². The first-order chi connectivity index (χ1) is 16.4. The van der Waals surface area contributed by atoms with Crippen LogP contribution in [0.2, 0.25) is 0 Å². The first-order valence-electron chi connectivity index (χ1n) is 12.1. The van der Waals surface area contributed by atoms with Crippen molar-refractivity contribution in [3.05, 3.63) is 32.8 Å². The summed E-state index contributed by atoms with van der Waals surface area (Å²) in [6.07, 6.45) is 3.25. The van der Waals surface area contributed by atoms with Crippen molar-refractivity contribution in [1.29, 1.82) is 0 Å². The molecule has 7 nitrogen and oxygen atoms in total. The number of thiazole rings is 1. The minimum atomic E-state index is -1.27. The number of hydrogen-bond donors (Lipinski definition) is 3. The van der Waals surface area contributed by atoms with E-state index >= 15 is 0 Å². The van der Waals surface area contributed by atoms with Crippen molar-refractivity contribution < 1.29 is 24.5 Å². The second-order valence-corrected chi connectivity index (χ2v) is 11.5. The predicted molar refractivity (Wildman–Crippen MR) is 140 cm³/mol. The molecule has 9 heteroatoms. The third-order valence-corrected chi connectivity index (χ3v) is 8.10. The zero-order chi connectivity index (χ0) is 26.3. The van der Waals surface area contributed by atoms with Gasteiger partial charge in [-0.25, -0.2) is 4.98 Å². The molecule has 0 saturated heterocycles. The molecule has 0 amide bonds. The number of nitrogens with two attached hydrogens (primary N) is 1. The van der Waals surface area contributed by atoms with Crippen molar-refractivity contribution in [2.75, 3.05) is 0 Å². The van der Waals surface area contributed by atoms with Crippen molar-refractivity contribution >= 4 is 40.8 Å². The highest BCUT2D eigenvalue weighted by Crippen LogP contribution is 2.32. The van der Waals surface area contributed by atoms with Gasteiger partial charge in [-0.2, -0.15) is 0 Å². The number of rotatable bonds is 3. The van der Waals surface area contributed by atoms with Crippen LogP contribution in [-0.4, -0.2) is 45.3 Å². The minimum absolute atomic E-state index is 0.0748. The number of allylic oxidation sites excluding steroid dienone is 1. The quantitative estimate of drug-likeness (QED) is 0.388. The highest BCUT2D eigenvalue weighted by Gasteiger charge is 2.42. The third-order valence-electron chi connectivity index (χ3n) is 6.86. The first-order valence-corrected chi connectivity index (χ1v) is 13.4. The maximum Gasteiger partial charge on any atom is 0.309 e. The lowest BCUT2D eigenvalue weighted by Gasteiger charge is -2.34. The number of ketones is 1. The molecule has 2 rings (SSSR count). The smallest absolute Gasteiger partial charge is 0.309 e. The predicted octanol–water partition coefficient (Wildman–Crippen LogP) is 4.59. The molecule has 1 aromatic rings. The minimum Gasteiger partial charge on any atom is -0.456 e. The second-order valence-electron chi connectivity index (χ2n) is 10.1. The van der Waals surface area contributed by atoms with E-state index in [2.05, 4.69) is 4.98 Å². The fourth-order valence-electron chi connectivity index (χ4n) is 4.24. The summed E-state index contributed by atoms with van der Waals surface area (Å²) in [5.74, 6) is -1.68. The maximum atomic E-state index is 13.2. The van der Waals surface area contributed by atoms with Gasteiger partial charge in [0.25, 0.3) is 0 Å². The Morgan fingerprint density at radius 1 is 1.34 bits per heavy atom. The molecular weight excluding hydrogens is 488 g/mol. The summed E-state index contributed by atoms with van der Waals surface area (Å²) in [6.45, 7) is 9.15. The first kappa shape index (κ1) is 29.6. The Balaban J connectivity index is 2.33. The monoisotopic (exact) mass is 526 g/mol. The molecule has 0 spiro atoms. The second kappa shape index (κ2) is 13.1. The van der Waals surface area contributed by atoms with E-state index in [4.69, 9.17) is 22.1 Å². The molecule has 0 bridgehead atoms. The largest absolute Gasteiger partial charge is 0.456 e. The third kappa shape index (κ3) is 8.22. The van der Waals surface area contributed by atoms with Gasteiger partial charge in [0.1, 0.15) is 16.9 Å². The summed E-state index contributed by atoms with van der Waals surface area (Å²) in [6, 6.07) is 0. The van der Waals surface area contributed by atoms with Crippen LogP contribution in [-0.2, 0) is 20.9 Å². The molecule has 0 aromatic carbocycles. The van der Waals surface area contributed by atoms with Crippen LogP contribution in [0, 0.1) is 17.3 Å². The van der Waals surface area contributed by atoms with Gasteiger partial charge in [0.15, 0.2) is 0 Å². The van der Waals surface area contributed by atoms with Gasteiger partial charge in [-0.3, -0.25) is 9.59 Å². The number of halogens is 1. The number of cyclic esters (lactones) is 1. The number of nitrogens with zero attached hydrogens (tertiary/aromatic N) is 1. The molecule has 0 radical (unpaired) electrons. The number of Topliss-reactive ketones (excluding diaryl/α,β-unsaturated/α-hetero) is 1. The lowest BCUT2D eigenvalue weighted by atomic mass is 9.73. The zero-order valence-corrected chi connectivity index (χ0v) is 22.9. The van der Waals surface area contributed by atoms with Gasteiger partial charge in [0.05, 0.1) is 34.8 Å². The van der Waals surface area contributed by atoms with Crippen molar-refractivity contribution in [1.82, 2.24) is 4.98 Å². The summed E-state index contributed by atoms with van der Waals surface area (Å²) in [5, 5.41) is 24.5. The molecule has 1 aliphatic heterocycles. The summed E-state index contributed by atoms with van der Waals surface area (Å²) in [5.41, 5.74) is 6.16. The Bertz CT molecular complexity index is 942. The van der Waals surface area contributed by atoms with Gasteiger partial charge in [-0.05, 0) is 38.2 Å². The Hall–Kier alpha value is -1.58. The summed E-state index contributed by atoms with van der Waals surface area (Å²) in [4.78, 5) is 30.3. The normalized spacial score (nSPS) is 31.5. The standard InChI is InChI=1S/C26H39ClN2O5S/c1-15-7-6-8-16(2)24(32)17(3)25(33)26(4,5)21(30)12-23(31)34-20(10-9-15)19(27)11-18-14-35-22(13-28)29-18/h9,11,14,16-17,20-21,24,30,32H,6-8,10,12-13,28H2,1-5H3/b15-9-,19-11?. The van der Waals surface area contributed by atoms with E-state index in [1.54, 1.807) is 26.8 Å². The van der Waals surface area contributed by atoms with E-state index in [-0.39, 0.29) is 18.1 Å². The molecule has 1 aromatic heterocycles. The lowest BCUT2D eigenvalue weighted by Crippen LogP contribution is -2.45. The van der Waals surface area contributed by atoms with Gasteiger partial charge < -0.3 is 20.7 Å². The van der Waals surface area contributed by atoms with Crippen LogP contribution in [0.3, 0.4) is 0 Å². The maximum absolute atomic E-state index is 13.2. The van der Waals surface area contributed by atoms with Crippen LogP contribution in [0.25, 0.3) is 6.08 Å². The van der Waals surface area contributed by atoms with Crippen LogP contribution in [0.15, 0.2) is 22.1 Å². The van der Waals surface area contributed by atoms with Gasteiger partial charge in [-0.15, -0.1) is 11.3 Å². The number of aromatic nitrogens is 1. The van der Waals surface area contributed by atoms with Gasteiger partial charge in [-0.1, -0.05) is 50.9 Å². The van der Waals surface area contributed by atoms with Crippen molar-refractivity contribution in [2.45, 2.75) is 91.6 Å². The summed E-state index contributed by atoms with van der Waals surface area (Å²) >= 11 is 8.00. The van der Waals surface area contributed by atoms with Crippen LogP contribution in [0.4, 0.5) is 0 Å². The number of hydrogen-bond acceptors (Lipinski definition) is 8. The van der Waals surface area contributed by atoms with Gasteiger partial charge in [0.2, 0.25) is 0 Å². The van der Waals surface area contributed by atoms with E-state index in [1.807, 2.05) is 25.3 Å². The molecule has 2 heterocycles. The zero-order valence-electron chi connectivity index (χ0n) is 21.3. The van der Waals surface area contributed by atoms with Crippen molar-refractivity contribution in [3.63, 3.8) is 0 Å². The molecule has 196 valence electrons. The van der Waals surface area contributed by atoms with E-state index in [0.717, 1.165) is 29.8 Å². The molecule has 1 aliphatic rings. The fourth-order valence-corrected chi connectivity index (χ4v) is 5.12. The Labute approximate surface area is 217 Å². The van der Waals surface area contributed by atoms with Crippen LogP contribution in [0.1, 0.15) is 77.4 Å². The van der Waals surface area contributed by atoms with Crippen molar-refractivity contribution in [3.8, 4) is 0 Å². The highest BCUT2D eigenvalue weighted by atomic mass is 35.5. The molecule has 4 N–H and O–H groups in total. The van der Waals surface area contributed by atoms with Crippen LogP contribution >= 0.6 is 22.9 Å². The molecular formula is C26H39ClN2O5S. The van der Waals surface area contributed by atoms with Gasteiger partial charge >= 0.3 is 5.97 Å². The topological polar surface area (TPSA) is 123 Å². The van der Waals surface area contributed by atoms with E-state index in [0.29, 0.717) is 23.7 Å².